The highest BCUT2D eigenvalue weighted by atomic mass is 19.4. The summed E-state index contributed by atoms with van der Waals surface area (Å²) in [5.74, 6) is -0.710. The largest absolute Gasteiger partial charge is 0.417 e. The van der Waals surface area contributed by atoms with Gasteiger partial charge in [-0.3, -0.25) is 9.55 Å². The Hall–Kier alpha value is -3.48. The maximum absolute atomic E-state index is 14.6. The van der Waals surface area contributed by atoms with Crippen LogP contribution in [0.1, 0.15) is 31.2 Å². The number of fused-ring (bicyclic) bond motifs is 1. The first-order valence-corrected chi connectivity index (χ1v) is 11.7. The van der Waals surface area contributed by atoms with Gasteiger partial charge in [0.1, 0.15) is 0 Å². The van der Waals surface area contributed by atoms with Crippen molar-refractivity contribution in [2.45, 2.75) is 43.9 Å². The number of carbonyl (C=O) groups excluding carboxylic acids is 1. The second-order valence-electron chi connectivity index (χ2n) is 8.93. The number of rotatable bonds is 4. The number of halogens is 4. The van der Waals surface area contributed by atoms with Crippen molar-refractivity contribution in [3.63, 3.8) is 0 Å². The molecule has 192 valence electrons. The van der Waals surface area contributed by atoms with Crippen LogP contribution in [0.3, 0.4) is 0 Å². The van der Waals surface area contributed by atoms with Gasteiger partial charge in [0.15, 0.2) is 11.6 Å². The number of carbonyl (C=O) groups is 1. The van der Waals surface area contributed by atoms with E-state index < -0.39 is 17.6 Å². The first-order chi connectivity index (χ1) is 17.3. The average molecular weight is 507 g/mol. The molecule has 2 fully saturated rings. The number of pyridine rings is 1. The summed E-state index contributed by atoms with van der Waals surface area (Å²) in [6.07, 6.45) is 1.68. The number of nitrogens with zero attached hydrogens (tertiary/aromatic N) is 5. The zero-order valence-corrected chi connectivity index (χ0v) is 19.3. The van der Waals surface area contributed by atoms with E-state index in [9.17, 15) is 22.4 Å². The summed E-state index contributed by atoms with van der Waals surface area (Å²) in [5.41, 5.74) is -0.412. The molecule has 5 rings (SSSR count). The molecule has 1 aliphatic heterocycles. The molecular formula is C23H25F4N7O2. The molecular weight excluding hydrogens is 482 g/mol. The minimum Gasteiger partial charge on any atom is -0.378 e. The molecule has 36 heavy (non-hydrogen) atoms. The second kappa shape index (κ2) is 9.88. The van der Waals surface area contributed by atoms with Gasteiger partial charge in [-0.25, -0.2) is 14.2 Å². The van der Waals surface area contributed by atoms with Gasteiger partial charge >= 0.3 is 12.2 Å². The van der Waals surface area contributed by atoms with Crippen molar-refractivity contribution in [1.82, 2.24) is 29.7 Å². The number of ether oxygens (including phenoxy) is 1. The molecule has 13 heteroatoms. The van der Waals surface area contributed by atoms with Gasteiger partial charge in [0.25, 0.3) is 0 Å². The maximum Gasteiger partial charge on any atom is 0.417 e. The van der Waals surface area contributed by atoms with E-state index in [0.29, 0.717) is 38.2 Å². The molecule has 1 aliphatic carbocycles. The Kier molecular flexibility index (Phi) is 6.65. The number of hydrogen-bond donors (Lipinski definition) is 2. The molecule has 0 aromatic carbocycles. The van der Waals surface area contributed by atoms with Crippen LogP contribution in [-0.2, 0) is 10.9 Å². The second-order valence-corrected chi connectivity index (χ2v) is 8.93. The fourth-order valence-electron chi connectivity index (χ4n) is 4.59. The lowest BCUT2D eigenvalue weighted by Crippen LogP contribution is -2.51. The fraction of sp³-hybridized carbons (Fsp3) is 0.478. The predicted molar refractivity (Wildman–Crippen MR) is 122 cm³/mol. The van der Waals surface area contributed by atoms with Crippen LogP contribution in [0, 0.1) is 5.82 Å². The Morgan fingerprint density at radius 1 is 1.11 bits per heavy atom. The molecule has 2 aliphatic rings. The molecule has 1 saturated carbocycles. The van der Waals surface area contributed by atoms with Crippen LogP contribution in [0.25, 0.3) is 17.0 Å². The van der Waals surface area contributed by atoms with Gasteiger partial charge in [0.05, 0.1) is 36.0 Å². The zero-order valence-electron chi connectivity index (χ0n) is 19.3. The van der Waals surface area contributed by atoms with E-state index in [4.69, 9.17) is 4.74 Å². The maximum atomic E-state index is 14.6. The Bertz CT molecular complexity index is 1240. The van der Waals surface area contributed by atoms with E-state index >= 15 is 0 Å². The number of urea groups is 1. The van der Waals surface area contributed by atoms with Crippen LogP contribution in [0.2, 0.25) is 0 Å². The molecule has 4 heterocycles. The Labute approximate surface area is 203 Å². The molecule has 0 unspecified atom stereocenters. The zero-order chi connectivity index (χ0) is 25.3. The van der Waals surface area contributed by atoms with Crippen LogP contribution in [0.15, 0.2) is 30.7 Å². The smallest absolute Gasteiger partial charge is 0.378 e. The van der Waals surface area contributed by atoms with E-state index in [-0.39, 0.29) is 35.4 Å². The molecule has 1 saturated heterocycles. The van der Waals surface area contributed by atoms with Crippen molar-refractivity contribution in [2.75, 3.05) is 31.6 Å². The number of alkyl halides is 3. The lowest BCUT2D eigenvalue weighted by Gasteiger charge is -2.33. The van der Waals surface area contributed by atoms with E-state index in [2.05, 4.69) is 25.6 Å². The summed E-state index contributed by atoms with van der Waals surface area (Å²) in [6.45, 7) is 2.12. The summed E-state index contributed by atoms with van der Waals surface area (Å²) >= 11 is 0. The molecule has 0 bridgehead atoms. The topological polar surface area (TPSA) is 97.2 Å². The van der Waals surface area contributed by atoms with Gasteiger partial charge in [-0.15, -0.1) is 0 Å². The molecule has 3 aromatic heterocycles. The third-order valence-corrected chi connectivity index (χ3v) is 6.45. The molecule has 3 aromatic rings. The molecule has 0 spiro atoms. The van der Waals surface area contributed by atoms with Crippen LogP contribution >= 0.6 is 0 Å². The van der Waals surface area contributed by atoms with Gasteiger partial charge in [0, 0.05) is 37.6 Å². The minimum absolute atomic E-state index is 0.0167. The predicted octanol–water partition coefficient (Wildman–Crippen LogP) is 3.74. The molecule has 9 nitrogen and oxygen atoms in total. The first kappa shape index (κ1) is 24.2. The van der Waals surface area contributed by atoms with Crippen LogP contribution in [-0.4, -0.2) is 68.8 Å². The monoisotopic (exact) mass is 507 g/mol. The Balaban J connectivity index is 1.31. The van der Waals surface area contributed by atoms with Gasteiger partial charge in [-0.1, -0.05) is 0 Å². The third kappa shape index (κ3) is 5.20. The Morgan fingerprint density at radius 3 is 2.67 bits per heavy atom. The van der Waals surface area contributed by atoms with Crippen molar-refractivity contribution < 1.29 is 27.1 Å². The number of hydrogen-bond acceptors (Lipinski definition) is 6. The number of morpholine rings is 1. The summed E-state index contributed by atoms with van der Waals surface area (Å²) in [6, 6.07) is 2.15. The molecule has 2 N–H and O–H groups in total. The lowest BCUT2D eigenvalue weighted by molar-refractivity contribution is -0.137. The van der Waals surface area contributed by atoms with Crippen molar-refractivity contribution in [1.29, 1.82) is 0 Å². The quantitative estimate of drug-likeness (QED) is 0.523. The standard InChI is InChI=1S/C23H25F4N7O2/c24-17-13-29-21(34-5-4-18-19(34)10-14(12-28-18)23(25,26)27)32-20(17)30-15-2-1-3-16(11-15)31-22(35)33-6-8-36-9-7-33/h4-5,10,12-13,15-16H,1-3,6-9,11H2,(H,31,35)(H,29,30,32)/t15-,16+/m1/s1. The molecule has 0 radical (unpaired) electrons. The number of nitrogens with one attached hydrogen (secondary N) is 2. The van der Waals surface area contributed by atoms with Crippen LogP contribution in [0.4, 0.5) is 28.2 Å². The highest BCUT2D eigenvalue weighted by Crippen LogP contribution is 2.31. The van der Waals surface area contributed by atoms with Crippen molar-refractivity contribution in [3.8, 4) is 5.95 Å². The van der Waals surface area contributed by atoms with E-state index in [1.54, 1.807) is 4.90 Å². The number of aromatic nitrogens is 4. The lowest BCUT2D eigenvalue weighted by atomic mass is 9.91. The van der Waals surface area contributed by atoms with Crippen molar-refractivity contribution in [2.24, 2.45) is 0 Å². The normalized spacial score (nSPS) is 20.9. The van der Waals surface area contributed by atoms with Gasteiger partial charge in [0.2, 0.25) is 5.95 Å². The van der Waals surface area contributed by atoms with Crippen molar-refractivity contribution in [3.05, 3.63) is 42.1 Å². The summed E-state index contributed by atoms with van der Waals surface area (Å²) in [4.78, 5) is 26.4. The van der Waals surface area contributed by atoms with E-state index in [1.165, 1.54) is 16.8 Å². The van der Waals surface area contributed by atoms with Crippen LogP contribution in [0.5, 0.6) is 0 Å². The first-order valence-electron chi connectivity index (χ1n) is 11.7. The third-order valence-electron chi connectivity index (χ3n) is 6.45. The number of anilines is 1. The summed E-state index contributed by atoms with van der Waals surface area (Å²) < 4.78 is 60.8. The number of amides is 2. The van der Waals surface area contributed by atoms with Gasteiger partial charge in [-0.2, -0.15) is 18.2 Å². The average Bonchev–Trinajstić information content (AvgIpc) is 3.29. The molecule has 2 amide bonds. The summed E-state index contributed by atoms with van der Waals surface area (Å²) in [7, 11) is 0. The van der Waals surface area contributed by atoms with Gasteiger partial charge in [-0.05, 0) is 37.8 Å². The molecule has 2 atom stereocenters. The fourth-order valence-corrected chi connectivity index (χ4v) is 4.59. The minimum atomic E-state index is -4.55. The van der Waals surface area contributed by atoms with Gasteiger partial charge < -0.3 is 20.3 Å². The van der Waals surface area contributed by atoms with E-state index in [0.717, 1.165) is 37.7 Å². The van der Waals surface area contributed by atoms with Crippen LogP contribution < -0.4 is 10.6 Å². The van der Waals surface area contributed by atoms with E-state index in [1.807, 2.05) is 0 Å². The SMILES string of the molecule is O=C(N[C@H]1CCC[C@@H](Nc2nc(-n3ccc4ncc(C(F)(F)F)cc43)ncc2F)C1)N1CCOCC1. The highest BCUT2D eigenvalue weighted by molar-refractivity contribution is 5.78. The summed E-state index contributed by atoms with van der Waals surface area (Å²) in [5, 5.41) is 6.15. The van der Waals surface area contributed by atoms with Crippen molar-refractivity contribution >= 4 is 22.9 Å². The highest BCUT2D eigenvalue weighted by Gasteiger charge is 2.32. The Morgan fingerprint density at radius 2 is 1.89 bits per heavy atom.